The van der Waals surface area contributed by atoms with Crippen LogP contribution in [0.3, 0.4) is 0 Å². The number of esters is 1. The van der Waals surface area contributed by atoms with Gasteiger partial charge in [-0.15, -0.1) is 0 Å². The van der Waals surface area contributed by atoms with Gasteiger partial charge < -0.3 is 15.2 Å². The van der Waals surface area contributed by atoms with Crippen LogP contribution in [0.2, 0.25) is 0 Å². The first-order chi connectivity index (χ1) is 6.56. The van der Waals surface area contributed by atoms with Crippen molar-refractivity contribution in [3.05, 3.63) is 11.1 Å². The maximum atomic E-state index is 11.1. The van der Waals surface area contributed by atoms with Gasteiger partial charge in [0.25, 0.3) is 0 Å². The molecule has 6 heteroatoms. The van der Waals surface area contributed by atoms with Crippen LogP contribution in [-0.2, 0) is 19.1 Å². The standard InChI is InChI=1S/C8H9NO5/c1-14-8(13)4-2-6(10)9-3-5(4)7(11)12/h2-3H2,1H3,(H,9,10)(H,11,12). The Bertz CT molecular complexity index is 331. The Balaban J connectivity index is 3.06. The Morgan fingerprint density at radius 2 is 2.07 bits per heavy atom. The molecule has 1 amide bonds. The van der Waals surface area contributed by atoms with Gasteiger partial charge in [0.15, 0.2) is 0 Å². The normalized spacial score (nSPS) is 16.2. The summed E-state index contributed by atoms with van der Waals surface area (Å²) in [7, 11) is 1.14. The fraction of sp³-hybridized carbons (Fsp3) is 0.375. The van der Waals surface area contributed by atoms with Gasteiger partial charge in [0.2, 0.25) is 5.91 Å². The van der Waals surface area contributed by atoms with Crippen LogP contribution < -0.4 is 5.32 Å². The van der Waals surface area contributed by atoms with Crippen molar-refractivity contribution in [1.82, 2.24) is 5.32 Å². The summed E-state index contributed by atoms with van der Waals surface area (Å²) in [5, 5.41) is 11.1. The molecule has 0 aliphatic carbocycles. The number of nitrogens with one attached hydrogen (secondary N) is 1. The largest absolute Gasteiger partial charge is 0.478 e. The van der Waals surface area contributed by atoms with Crippen molar-refractivity contribution in [2.45, 2.75) is 6.42 Å². The fourth-order valence-corrected chi connectivity index (χ4v) is 1.15. The molecule has 1 aliphatic rings. The molecule has 0 atom stereocenters. The Morgan fingerprint density at radius 1 is 1.43 bits per heavy atom. The highest BCUT2D eigenvalue weighted by Gasteiger charge is 2.27. The summed E-state index contributed by atoms with van der Waals surface area (Å²) in [5.74, 6) is -2.36. The molecule has 0 bridgehead atoms. The zero-order valence-electron chi connectivity index (χ0n) is 7.49. The predicted molar refractivity (Wildman–Crippen MR) is 44.3 cm³/mol. The van der Waals surface area contributed by atoms with Crippen molar-refractivity contribution < 1.29 is 24.2 Å². The smallest absolute Gasteiger partial charge is 0.334 e. The summed E-state index contributed by atoms with van der Waals surface area (Å²) in [5.41, 5.74) is -0.194. The molecule has 0 unspecified atom stereocenters. The lowest BCUT2D eigenvalue weighted by Gasteiger charge is -2.16. The molecule has 1 aliphatic heterocycles. The maximum Gasteiger partial charge on any atom is 0.334 e. The molecule has 0 saturated heterocycles. The minimum Gasteiger partial charge on any atom is -0.478 e. The highest BCUT2D eigenvalue weighted by molar-refractivity contribution is 6.05. The van der Waals surface area contributed by atoms with E-state index in [0.29, 0.717) is 0 Å². The zero-order chi connectivity index (χ0) is 10.7. The van der Waals surface area contributed by atoms with Gasteiger partial charge in [0, 0.05) is 0 Å². The van der Waals surface area contributed by atoms with E-state index in [-0.39, 0.29) is 30.0 Å². The SMILES string of the molecule is COC(=O)C1=C(C(=O)O)CNC(=O)C1. The van der Waals surface area contributed by atoms with Crippen molar-refractivity contribution in [1.29, 1.82) is 0 Å². The van der Waals surface area contributed by atoms with Crippen LogP contribution in [0.5, 0.6) is 0 Å². The molecular formula is C8H9NO5. The van der Waals surface area contributed by atoms with Crippen LogP contribution in [0.15, 0.2) is 11.1 Å². The molecule has 14 heavy (non-hydrogen) atoms. The van der Waals surface area contributed by atoms with Gasteiger partial charge in [-0.2, -0.15) is 0 Å². The Hall–Kier alpha value is -1.85. The third kappa shape index (κ3) is 1.90. The Morgan fingerprint density at radius 3 is 2.57 bits per heavy atom. The second kappa shape index (κ2) is 3.91. The third-order valence-electron chi connectivity index (χ3n) is 1.85. The van der Waals surface area contributed by atoms with Crippen LogP contribution in [0.25, 0.3) is 0 Å². The van der Waals surface area contributed by atoms with E-state index in [9.17, 15) is 14.4 Å². The highest BCUT2D eigenvalue weighted by atomic mass is 16.5. The van der Waals surface area contributed by atoms with Gasteiger partial charge in [0.05, 0.1) is 31.2 Å². The molecular weight excluding hydrogens is 190 g/mol. The van der Waals surface area contributed by atoms with Crippen molar-refractivity contribution in [2.24, 2.45) is 0 Å². The van der Waals surface area contributed by atoms with E-state index in [2.05, 4.69) is 10.1 Å². The minimum atomic E-state index is -1.22. The third-order valence-corrected chi connectivity index (χ3v) is 1.85. The monoisotopic (exact) mass is 199 g/mol. The second-order valence-corrected chi connectivity index (χ2v) is 2.71. The lowest BCUT2D eigenvalue weighted by Crippen LogP contribution is -2.35. The molecule has 0 saturated carbocycles. The van der Waals surface area contributed by atoms with Gasteiger partial charge in [0.1, 0.15) is 0 Å². The summed E-state index contributed by atoms with van der Waals surface area (Å²) in [4.78, 5) is 32.7. The number of carbonyl (C=O) groups is 3. The van der Waals surface area contributed by atoms with Gasteiger partial charge in [-0.3, -0.25) is 4.79 Å². The predicted octanol–water partition coefficient (Wildman–Crippen LogP) is -0.940. The first-order valence-corrected chi connectivity index (χ1v) is 3.86. The molecule has 6 nitrogen and oxygen atoms in total. The molecule has 0 aromatic heterocycles. The number of carbonyl (C=O) groups excluding carboxylic acids is 2. The van der Waals surface area contributed by atoms with Crippen molar-refractivity contribution in [3.63, 3.8) is 0 Å². The van der Waals surface area contributed by atoms with E-state index >= 15 is 0 Å². The number of rotatable bonds is 2. The number of carboxylic acid groups (broad SMARTS) is 1. The average Bonchev–Trinajstić information content (AvgIpc) is 2.16. The van der Waals surface area contributed by atoms with Crippen LogP contribution in [0.1, 0.15) is 6.42 Å². The van der Waals surface area contributed by atoms with E-state index in [1.54, 1.807) is 0 Å². The number of hydrogen-bond donors (Lipinski definition) is 2. The Kier molecular flexibility index (Phi) is 2.85. The molecule has 0 fully saturated rings. The molecule has 1 heterocycles. The van der Waals surface area contributed by atoms with Gasteiger partial charge in [-0.1, -0.05) is 0 Å². The number of hydrogen-bond acceptors (Lipinski definition) is 4. The lowest BCUT2D eigenvalue weighted by molar-refractivity contribution is -0.139. The van der Waals surface area contributed by atoms with Gasteiger partial charge in [-0.05, 0) is 0 Å². The number of amides is 1. The fourth-order valence-electron chi connectivity index (χ4n) is 1.15. The molecule has 1 rings (SSSR count). The second-order valence-electron chi connectivity index (χ2n) is 2.71. The molecule has 0 radical (unpaired) electrons. The molecule has 0 aromatic rings. The van der Waals surface area contributed by atoms with E-state index in [0.717, 1.165) is 7.11 Å². The number of carboxylic acids is 1. The zero-order valence-corrected chi connectivity index (χ0v) is 7.49. The first kappa shape index (κ1) is 10.2. The quantitative estimate of drug-likeness (QED) is 0.560. The van der Waals surface area contributed by atoms with Crippen LogP contribution in [-0.4, -0.2) is 36.6 Å². The van der Waals surface area contributed by atoms with Gasteiger partial charge in [-0.25, -0.2) is 9.59 Å². The van der Waals surface area contributed by atoms with Crippen molar-refractivity contribution >= 4 is 17.8 Å². The average molecular weight is 199 g/mol. The molecule has 0 spiro atoms. The number of aliphatic carboxylic acids is 1. The van der Waals surface area contributed by atoms with Crippen LogP contribution in [0.4, 0.5) is 0 Å². The van der Waals surface area contributed by atoms with Crippen molar-refractivity contribution in [3.8, 4) is 0 Å². The topological polar surface area (TPSA) is 92.7 Å². The first-order valence-electron chi connectivity index (χ1n) is 3.86. The minimum absolute atomic E-state index is 0.0799. The lowest BCUT2D eigenvalue weighted by atomic mass is 10.0. The van der Waals surface area contributed by atoms with E-state index in [4.69, 9.17) is 5.11 Å². The summed E-state index contributed by atoms with van der Waals surface area (Å²) < 4.78 is 4.38. The number of methoxy groups -OCH3 is 1. The van der Waals surface area contributed by atoms with Gasteiger partial charge >= 0.3 is 11.9 Å². The number of ether oxygens (including phenoxy) is 1. The van der Waals surface area contributed by atoms with E-state index in [1.165, 1.54) is 0 Å². The highest BCUT2D eigenvalue weighted by Crippen LogP contribution is 2.14. The molecule has 76 valence electrons. The summed E-state index contributed by atoms with van der Waals surface area (Å²) in [6.45, 7) is -0.140. The summed E-state index contributed by atoms with van der Waals surface area (Å²) >= 11 is 0. The molecule has 0 aromatic carbocycles. The van der Waals surface area contributed by atoms with E-state index < -0.39 is 11.9 Å². The molecule has 2 N–H and O–H groups in total. The van der Waals surface area contributed by atoms with Crippen LogP contribution in [0, 0.1) is 0 Å². The van der Waals surface area contributed by atoms with Crippen LogP contribution >= 0.6 is 0 Å². The summed E-state index contributed by atoms with van der Waals surface area (Å²) in [6, 6.07) is 0. The van der Waals surface area contributed by atoms with E-state index in [1.807, 2.05) is 0 Å². The summed E-state index contributed by atoms with van der Waals surface area (Å²) in [6.07, 6.45) is -0.242. The Labute approximate surface area is 79.5 Å². The van der Waals surface area contributed by atoms with Crippen molar-refractivity contribution in [2.75, 3.05) is 13.7 Å². The maximum absolute atomic E-state index is 11.1.